The monoisotopic (exact) mass is 457 g/mol. The molecule has 0 spiro atoms. The topological polar surface area (TPSA) is 100 Å². The summed E-state index contributed by atoms with van der Waals surface area (Å²) in [6.07, 6.45) is 1.32. The zero-order valence-corrected chi connectivity index (χ0v) is 18.5. The van der Waals surface area contributed by atoms with E-state index in [9.17, 15) is 18.8 Å². The molecule has 33 heavy (non-hydrogen) atoms. The van der Waals surface area contributed by atoms with Crippen LogP contribution in [0.5, 0.6) is 0 Å². The number of aromatic nitrogens is 3. The van der Waals surface area contributed by atoms with Crippen LogP contribution >= 0.6 is 0 Å². The van der Waals surface area contributed by atoms with Crippen molar-refractivity contribution in [2.75, 3.05) is 20.1 Å². The standard InChI is InChI=1S/C23H25F2N5O3/c1-3-30-22(32)16-5-4-14(18(24)19(16)28-23(30)33)12-29-10-8-13(9-11-29)15-6-7-17(21(31)26-2)27-20(15)25/h4-7,13H,3,8-12H2,1-2H3,(H,26,31)(H,28,33). The van der Waals surface area contributed by atoms with Crippen molar-refractivity contribution < 1.29 is 13.6 Å². The van der Waals surface area contributed by atoms with Gasteiger partial charge in [-0.25, -0.2) is 14.2 Å². The van der Waals surface area contributed by atoms with Crippen LogP contribution in [0.1, 0.15) is 47.3 Å². The highest BCUT2D eigenvalue weighted by molar-refractivity contribution is 5.91. The first-order chi connectivity index (χ1) is 15.8. The molecule has 0 unspecified atom stereocenters. The number of amides is 1. The van der Waals surface area contributed by atoms with Gasteiger partial charge in [0.1, 0.15) is 5.69 Å². The summed E-state index contributed by atoms with van der Waals surface area (Å²) >= 11 is 0. The van der Waals surface area contributed by atoms with Gasteiger partial charge in [0.2, 0.25) is 5.95 Å². The zero-order valence-electron chi connectivity index (χ0n) is 18.5. The van der Waals surface area contributed by atoms with Crippen molar-refractivity contribution in [2.45, 2.75) is 38.8 Å². The van der Waals surface area contributed by atoms with Gasteiger partial charge in [0.15, 0.2) is 5.82 Å². The third kappa shape index (κ3) is 4.30. The van der Waals surface area contributed by atoms with Gasteiger partial charge >= 0.3 is 5.69 Å². The summed E-state index contributed by atoms with van der Waals surface area (Å²) in [6, 6.07) is 6.24. The van der Waals surface area contributed by atoms with Gasteiger partial charge in [0.25, 0.3) is 11.5 Å². The number of rotatable bonds is 5. The first-order valence-corrected chi connectivity index (χ1v) is 10.9. The SMILES string of the molecule is CCn1c(=O)[nH]c2c(F)c(CN3CCC(c4ccc(C(=O)NC)nc4F)CC3)ccc2c1=O. The van der Waals surface area contributed by atoms with Crippen LogP contribution in [0.15, 0.2) is 33.9 Å². The first kappa shape index (κ1) is 22.8. The molecule has 2 aromatic heterocycles. The number of aromatic amines is 1. The highest BCUT2D eigenvalue weighted by atomic mass is 19.1. The molecule has 8 nitrogen and oxygen atoms in total. The lowest BCUT2D eigenvalue weighted by molar-refractivity contribution is 0.0957. The zero-order chi connectivity index (χ0) is 23.7. The summed E-state index contributed by atoms with van der Waals surface area (Å²) in [5, 5.41) is 2.56. The number of piperidine rings is 1. The highest BCUT2D eigenvalue weighted by Crippen LogP contribution is 2.30. The second-order valence-electron chi connectivity index (χ2n) is 8.15. The Kier molecular flexibility index (Phi) is 6.37. The average molecular weight is 457 g/mol. The molecular weight excluding hydrogens is 432 g/mol. The maximum Gasteiger partial charge on any atom is 0.328 e. The predicted molar refractivity (Wildman–Crippen MR) is 119 cm³/mol. The van der Waals surface area contributed by atoms with Crippen LogP contribution in [-0.2, 0) is 13.1 Å². The van der Waals surface area contributed by atoms with E-state index in [0.717, 1.165) is 4.57 Å². The second-order valence-corrected chi connectivity index (χ2v) is 8.15. The van der Waals surface area contributed by atoms with Gasteiger partial charge in [-0.2, -0.15) is 4.39 Å². The van der Waals surface area contributed by atoms with Crippen molar-refractivity contribution in [1.82, 2.24) is 24.8 Å². The number of fused-ring (bicyclic) bond motifs is 1. The molecule has 3 heterocycles. The Morgan fingerprint density at radius 1 is 1.18 bits per heavy atom. The summed E-state index contributed by atoms with van der Waals surface area (Å²) in [4.78, 5) is 44.4. The maximum absolute atomic E-state index is 15.1. The molecule has 174 valence electrons. The number of nitrogens with one attached hydrogen (secondary N) is 2. The van der Waals surface area contributed by atoms with E-state index in [4.69, 9.17) is 0 Å². The molecule has 2 N–H and O–H groups in total. The number of carbonyl (C=O) groups is 1. The van der Waals surface area contributed by atoms with Gasteiger partial charge in [0.05, 0.1) is 10.9 Å². The van der Waals surface area contributed by atoms with Gasteiger partial charge in [-0.05, 0) is 50.9 Å². The van der Waals surface area contributed by atoms with Gasteiger partial charge in [-0.15, -0.1) is 0 Å². The number of carbonyl (C=O) groups excluding carboxylic acids is 1. The largest absolute Gasteiger partial charge is 0.354 e. The number of benzene rings is 1. The molecule has 1 amide bonds. The van der Waals surface area contributed by atoms with E-state index >= 15 is 4.39 Å². The summed E-state index contributed by atoms with van der Waals surface area (Å²) < 4.78 is 30.6. The minimum Gasteiger partial charge on any atom is -0.354 e. The van der Waals surface area contributed by atoms with E-state index in [2.05, 4.69) is 20.2 Å². The van der Waals surface area contributed by atoms with Gasteiger partial charge in [0, 0.05) is 31.3 Å². The molecule has 0 atom stereocenters. The lowest BCUT2D eigenvalue weighted by Crippen LogP contribution is -2.35. The minimum absolute atomic E-state index is 0.0340. The quantitative estimate of drug-likeness (QED) is 0.572. The van der Waals surface area contributed by atoms with Crippen LogP contribution in [0.25, 0.3) is 10.9 Å². The fraction of sp³-hybridized carbons (Fsp3) is 0.391. The smallest absolute Gasteiger partial charge is 0.328 e. The molecule has 0 radical (unpaired) electrons. The molecule has 1 saturated heterocycles. The van der Waals surface area contributed by atoms with E-state index in [1.807, 2.05) is 0 Å². The molecule has 1 aromatic carbocycles. The van der Waals surface area contributed by atoms with E-state index in [1.165, 1.54) is 13.1 Å². The summed E-state index contributed by atoms with van der Waals surface area (Å²) in [6.45, 7) is 3.42. The van der Waals surface area contributed by atoms with Crippen molar-refractivity contribution in [3.8, 4) is 0 Å². The van der Waals surface area contributed by atoms with Crippen LogP contribution in [-0.4, -0.2) is 45.5 Å². The molecule has 0 aliphatic carbocycles. The van der Waals surface area contributed by atoms with E-state index < -0.39 is 28.9 Å². The van der Waals surface area contributed by atoms with Crippen molar-refractivity contribution in [3.05, 3.63) is 73.7 Å². The van der Waals surface area contributed by atoms with Crippen LogP contribution < -0.4 is 16.6 Å². The molecule has 1 aliphatic heterocycles. The van der Waals surface area contributed by atoms with Crippen molar-refractivity contribution in [3.63, 3.8) is 0 Å². The van der Waals surface area contributed by atoms with E-state index in [-0.39, 0.29) is 29.1 Å². The van der Waals surface area contributed by atoms with Crippen LogP contribution in [0, 0.1) is 11.8 Å². The molecule has 0 bridgehead atoms. The number of nitrogens with zero attached hydrogens (tertiary/aromatic N) is 3. The Morgan fingerprint density at radius 3 is 2.55 bits per heavy atom. The van der Waals surface area contributed by atoms with E-state index in [1.54, 1.807) is 25.1 Å². The number of halogens is 2. The lowest BCUT2D eigenvalue weighted by atomic mass is 9.90. The summed E-state index contributed by atoms with van der Waals surface area (Å²) in [5.74, 6) is -1.73. The number of H-pyrrole nitrogens is 1. The fourth-order valence-electron chi connectivity index (χ4n) is 4.39. The summed E-state index contributed by atoms with van der Waals surface area (Å²) in [5.41, 5.74) is -0.333. The van der Waals surface area contributed by atoms with Gasteiger partial charge in [-0.1, -0.05) is 12.1 Å². The molecule has 3 aromatic rings. The Balaban J connectivity index is 1.48. The Hall–Kier alpha value is -3.40. The highest BCUT2D eigenvalue weighted by Gasteiger charge is 2.25. The molecule has 4 rings (SSSR count). The van der Waals surface area contributed by atoms with Gasteiger partial charge in [-0.3, -0.25) is 19.1 Å². The second kappa shape index (κ2) is 9.22. The van der Waals surface area contributed by atoms with Crippen molar-refractivity contribution >= 4 is 16.8 Å². The number of pyridine rings is 1. The van der Waals surface area contributed by atoms with Crippen molar-refractivity contribution in [1.29, 1.82) is 0 Å². The Bertz CT molecular complexity index is 1330. The molecule has 1 fully saturated rings. The van der Waals surface area contributed by atoms with Crippen molar-refractivity contribution in [2.24, 2.45) is 0 Å². The first-order valence-electron chi connectivity index (χ1n) is 10.9. The molecule has 10 heteroatoms. The maximum atomic E-state index is 15.1. The van der Waals surface area contributed by atoms with E-state index in [0.29, 0.717) is 43.6 Å². The Labute approximate surface area is 188 Å². The number of hydrogen-bond acceptors (Lipinski definition) is 5. The predicted octanol–water partition coefficient (Wildman–Crippen LogP) is 2.12. The van der Waals surface area contributed by atoms with Crippen LogP contribution in [0.2, 0.25) is 0 Å². The molecule has 0 saturated carbocycles. The normalized spacial score (nSPS) is 15.2. The fourth-order valence-corrected chi connectivity index (χ4v) is 4.39. The molecular formula is C23H25F2N5O3. The summed E-state index contributed by atoms with van der Waals surface area (Å²) in [7, 11) is 1.46. The van der Waals surface area contributed by atoms with Crippen LogP contribution in [0.3, 0.4) is 0 Å². The Morgan fingerprint density at radius 2 is 1.91 bits per heavy atom. The number of likely N-dealkylation sites (tertiary alicyclic amines) is 1. The lowest BCUT2D eigenvalue weighted by Gasteiger charge is -2.32. The van der Waals surface area contributed by atoms with Crippen LogP contribution in [0.4, 0.5) is 8.78 Å². The van der Waals surface area contributed by atoms with Gasteiger partial charge < -0.3 is 10.3 Å². The number of hydrogen-bond donors (Lipinski definition) is 2. The third-order valence-corrected chi connectivity index (χ3v) is 6.25. The minimum atomic E-state index is -0.642. The third-order valence-electron chi connectivity index (χ3n) is 6.25. The molecule has 1 aliphatic rings. The average Bonchev–Trinajstić information content (AvgIpc) is 2.81.